The average Bonchev–Trinajstić information content (AvgIpc) is 2.21. The molecule has 1 atom stereocenters. The standard InChI is InChI=1S/C11H23NO/c1-2-10(4-3-9-13)11-5-7-12-8-6-11/h10-13H,2-9H2,1H3. The Hall–Kier alpha value is -0.0800. The van der Waals surface area contributed by atoms with Gasteiger partial charge in [-0.25, -0.2) is 0 Å². The molecule has 0 amide bonds. The topological polar surface area (TPSA) is 32.3 Å². The summed E-state index contributed by atoms with van der Waals surface area (Å²) < 4.78 is 0. The summed E-state index contributed by atoms with van der Waals surface area (Å²) in [6.07, 6.45) is 6.17. The predicted octanol–water partition coefficient (Wildman–Crippen LogP) is 1.78. The van der Waals surface area contributed by atoms with Crippen LogP contribution in [0.3, 0.4) is 0 Å². The van der Waals surface area contributed by atoms with Gasteiger partial charge in [0.15, 0.2) is 0 Å². The van der Waals surface area contributed by atoms with E-state index in [0.717, 1.165) is 18.3 Å². The van der Waals surface area contributed by atoms with Gasteiger partial charge in [-0.2, -0.15) is 0 Å². The van der Waals surface area contributed by atoms with Crippen LogP contribution in [0.5, 0.6) is 0 Å². The smallest absolute Gasteiger partial charge is 0.0431 e. The van der Waals surface area contributed by atoms with Gasteiger partial charge in [0.2, 0.25) is 0 Å². The summed E-state index contributed by atoms with van der Waals surface area (Å²) in [6, 6.07) is 0. The van der Waals surface area contributed by atoms with Crippen molar-refractivity contribution in [1.29, 1.82) is 0 Å². The Kier molecular flexibility index (Phi) is 5.40. The molecule has 1 unspecified atom stereocenters. The van der Waals surface area contributed by atoms with E-state index in [-0.39, 0.29) is 0 Å². The maximum Gasteiger partial charge on any atom is 0.0431 e. The van der Waals surface area contributed by atoms with Crippen LogP contribution in [0.15, 0.2) is 0 Å². The lowest BCUT2D eigenvalue weighted by atomic mass is 9.81. The minimum absolute atomic E-state index is 0.363. The van der Waals surface area contributed by atoms with Gasteiger partial charge < -0.3 is 10.4 Å². The van der Waals surface area contributed by atoms with Gasteiger partial charge in [-0.05, 0) is 50.6 Å². The van der Waals surface area contributed by atoms with Crippen molar-refractivity contribution in [2.24, 2.45) is 11.8 Å². The van der Waals surface area contributed by atoms with Gasteiger partial charge in [0.25, 0.3) is 0 Å². The van der Waals surface area contributed by atoms with E-state index in [2.05, 4.69) is 12.2 Å². The molecule has 1 rings (SSSR count). The van der Waals surface area contributed by atoms with Crippen molar-refractivity contribution in [3.05, 3.63) is 0 Å². The third-order valence-electron chi connectivity index (χ3n) is 3.31. The van der Waals surface area contributed by atoms with Crippen LogP contribution in [0.4, 0.5) is 0 Å². The Balaban J connectivity index is 2.26. The number of nitrogens with one attached hydrogen (secondary N) is 1. The highest BCUT2D eigenvalue weighted by atomic mass is 16.2. The van der Waals surface area contributed by atoms with Crippen LogP contribution in [0.2, 0.25) is 0 Å². The molecule has 1 saturated heterocycles. The van der Waals surface area contributed by atoms with Gasteiger partial charge >= 0.3 is 0 Å². The molecule has 1 aliphatic heterocycles. The van der Waals surface area contributed by atoms with Gasteiger partial charge in [0, 0.05) is 6.61 Å². The summed E-state index contributed by atoms with van der Waals surface area (Å²) in [5.74, 6) is 1.77. The minimum atomic E-state index is 0.363. The largest absolute Gasteiger partial charge is 0.396 e. The fourth-order valence-corrected chi connectivity index (χ4v) is 2.44. The molecule has 0 aromatic carbocycles. The van der Waals surface area contributed by atoms with E-state index in [4.69, 9.17) is 5.11 Å². The monoisotopic (exact) mass is 185 g/mol. The number of piperidine rings is 1. The van der Waals surface area contributed by atoms with Crippen molar-refractivity contribution in [1.82, 2.24) is 5.32 Å². The molecule has 2 heteroatoms. The number of hydrogen-bond acceptors (Lipinski definition) is 2. The number of aliphatic hydroxyl groups excluding tert-OH is 1. The summed E-state index contributed by atoms with van der Waals surface area (Å²) >= 11 is 0. The second-order valence-corrected chi connectivity index (χ2v) is 4.12. The summed E-state index contributed by atoms with van der Waals surface area (Å²) in [4.78, 5) is 0. The van der Waals surface area contributed by atoms with E-state index in [1.165, 1.54) is 38.8 Å². The van der Waals surface area contributed by atoms with E-state index < -0.39 is 0 Å². The van der Waals surface area contributed by atoms with Crippen molar-refractivity contribution in [2.75, 3.05) is 19.7 Å². The van der Waals surface area contributed by atoms with E-state index >= 15 is 0 Å². The number of rotatable bonds is 5. The number of hydrogen-bond donors (Lipinski definition) is 2. The highest BCUT2D eigenvalue weighted by Gasteiger charge is 2.21. The highest BCUT2D eigenvalue weighted by molar-refractivity contribution is 4.75. The molecule has 0 radical (unpaired) electrons. The van der Waals surface area contributed by atoms with E-state index in [1.54, 1.807) is 0 Å². The molecule has 0 aromatic heterocycles. The van der Waals surface area contributed by atoms with Crippen LogP contribution < -0.4 is 5.32 Å². The van der Waals surface area contributed by atoms with Crippen LogP contribution in [-0.2, 0) is 0 Å². The van der Waals surface area contributed by atoms with Crippen molar-refractivity contribution in [3.8, 4) is 0 Å². The van der Waals surface area contributed by atoms with Crippen LogP contribution in [0.1, 0.15) is 39.0 Å². The molecule has 13 heavy (non-hydrogen) atoms. The zero-order chi connectivity index (χ0) is 9.52. The molecule has 0 bridgehead atoms. The van der Waals surface area contributed by atoms with Crippen molar-refractivity contribution in [3.63, 3.8) is 0 Å². The number of aliphatic hydroxyl groups is 1. The average molecular weight is 185 g/mol. The maximum atomic E-state index is 8.80. The molecule has 0 aliphatic carbocycles. The molecule has 0 aromatic rings. The first kappa shape index (κ1) is 11.0. The van der Waals surface area contributed by atoms with Gasteiger partial charge in [-0.3, -0.25) is 0 Å². The Bertz CT molecular complexity index is 121. The normalized spacial score (nSPS) is 21.7. The zero-order valence-corrected chi connectivity index (χ0v) is 8.76. The van der Waals surface area contributed by atoms with Gasteiger partial charge in [-0.1, -0.05) is 13.3 Å². The second-order valence-electron chi connectivity index (χ2n) is 4.12. The molecule has 2 nitrogen and oxygen atoms in total. The summed E-state index contributed by atoms with van der Waals surface area (Å²) in [5.41, 5.74) is 0. The van der Waals surface area contributed by atoms with Crippen LogP contribution >= 0.6 is 0 Å². The van der Waals surface area contributed by atoms with Gasteiger partial charge in [0.05, 0.1) is 0 Å². The first-order chi connectivity index (χ1) is 6.38. The van der Waals surface area contributed by atoms with Crippen molar-refractivity contribution in [2.45, 2.75) is 39.0 Å². The van der Waals surface area contributed by atoms with Crippen LogP contribution in [0, 0.1) is 11.8 Å². The molecule has 78 valence electrons. The van der Waals surface area contributed by atoms with Crippen LogP contribution in [-0.4, -0.2) is 24.8 Å². The van der Waals surface area contributed by atoms with E-state index in [9.17, 15) is 0 Å². The molecular formula is C11H23NO. The lowest BCUT2D eigenvalue weighted by Gasteiger charge is -2.30. The Morgan fingerprint density at radius 2 is 2.08 bits per heavy atom. The molecular weight excluding hydrogens is 162 g/mol. The van der Waals surface area contributed by atoms with Crippen molar-refractivity contribution < 1.29 is 5.11 Å². The highest BCUT2D eigenvalue weighted by Crippen LogP contribution is 2.28. The Morgan fingerprint density at radius 3 is 2.62 bits per heavy atom. The van der Waals surface area contributed by atoms with Crippen molar-refractivity contribution >= 4 is 0 Å². The van der Waals surface area contributed by atoms with E-state index in [1.807, 2.05) is 0 Å². The summed E-state index contributed by atoms with van der Waals surface area (Å²) in [7, 11) is 0. The minimum Gasteiger partial charge on any atom is -0.396 e. The molecule has 1 fully saturated rings. The predicted molar refractivity (Wildman–Crippen MR) is 55.7 cm³/mol. The first-order valence-electron chi connectivity index (χ1n) is 5.70. The maximum absolute atomic E-state index is 8.80. The summed E-state index contributed by atoms with van der Waals surface area (Å²) in [5, 5.41) is 12.2. The fraction of sp³-hybridized carbons (Fsp3) is 1.00. The van der Waals surface area contributed by atoms with Gasteiger partial charge in [-0.15, -0.1) is 0 Å². The third-order valence-corrected chi connectivity index (χ3v) is 3.31. The molecule has 0 spiro atoms. The molecule has 1 aliphatic rings. The lowest BCUT2D eigenvalue weighted by molar-refractivity contribution is 0.211. The quantitative estimate of drug-likeness (QED) is 0.684. The Morgan fingerprint density at radius 1 is 1.38 bits per heavy atom. The molecule has 0 saturated carbocycles. The molecule has 2 N–H and O–H groups in total. The lowest BCUT2D eigenvalue weighted by Crippen LogP contribution is -2.31. The second kappa shape index (κ2) is 6.39. The SMILES string of the molecule is CCC(CCCO)C1CCNCC1. The molecule has 1 heterocycles. The summed E-state index contributed by atoms with van der Waals surface area (Å²) in [6.45, 7) is 5.03. The van der Waals surface area contributed by atoms with Gasteiger partial charge in [0.1, 0.15) is 0 Å². The van der Waals surface area contributed by atoms with Crippen LogP contribution in [0.25, 0.3) is 0 Å². The Labute approximate surface area is 81.7 Å². The zero-order valence-electron chi connectivity index (χ0n) is 8.76. The first-order valence-corrected chi connectivity index (χ1v) is 5.70. The third kappa shape index (κ3) is 3.65. The van der Waals surface area contributed by atoms with E-state index in [0.29, 0.717) is 6.61 Å². The fourth-order valence-electron chi connectivity index (χ4n) is 2.44.